The van der Waals surface area contributed by atoms with Gasteiger partial charge in [0.05, 0.1) is 0 Å². The molecule has 0 saturated heterocycles. The average molecular weight is 246 g/mol. The Hall–Kier alpha value is -2.38. The van der Waals surface area contributed by atoms with Crippen molar-refractivity contribution in [2.75, 3.05) is 0 Å². The molecule has 0 aromatic carbocycles. The number of carbonyl (C=O) groups is 4. The Kier molecular flexibility index (Phi) is 4.39. The second-order valence-corrected chi connectivity index (χ2v) is 3.37. The summed E-state index contributed by atoms with van der Waals surface area (Å²) in [4.78, 5) is 42.3. The van der Waals surface area contributed by atoms with Crippen LogP contribution < -0.4 is 0 Å². The number of rotatable bonds is 6. The van der Waals surface area contributed by atoms with E-state index >= 15 is 0 Å². The third-order valence-corrected chi connectivity index (χ3v) is 2.12. The molecule has 0 rings (SSSR count). The van der Waals surface area contributed by atoms with Crippen LogP contribution in [0.3, 0.4) is 0 Å². The summed E-state index contributed by atoms with van der Waals surface area (Å²) in [7, 11) is 0. The van der Waals surface area contributed by atoms with Crippen LogP contribution in [0.5, 0.6) is 0 Å². The van der Waals surface area contributed by atoms with Crippen molar-refractivity contribution < 1.29 is 39.6 Å². The highest BCUT2D eigenvalue weighted by molar-refractivity contribution is 6.12. The van der Waals surface area contributed by atoms with Crippen molar-refractivity contribution in [2.24, 2.45) is 5.41 Å². The van der Waals surface area contributed by atoms with E-state index in [2.05, 4.69) is 0 Å². The molecule has 0 aromatic heterocycles. The summed E-state index contributed by atoms with van der Waals surface area (Å²) < 4.78 is 0. The van der Waals surface area contributed by atoms with Gasteiger partial charge in [-0.3, -0.25) is 9.59 Å². The molecule has 8 nitrogen and oxygen atoms in total. The zero-order valence-corrected chi connectivity index (χ0v) is 8.71. The molecule has 0 bridgehead atoms. The summed E-state index contributed by atoms with van der Waals surface area (Å²) in [5, 5.41) is 34.3. The predicted octanol–water partition coefficient (Wildman–Crippen LogP) is -0.352. The fourth-order valence-corrected chi connectivity index (χ4v) is 0.838. The fraction of sp³-hybridized carbons (Fsp3) is 0.333. The molecule has 0 fully saturated rings. The molecule has 0 atom stereocenters. The number of carboxylic acids is 4. The van der Waals surface area contributed by atoms with Crippen molar-refractivity contribution in [3.63, 3.8) is 0 Å². The molecule has 8 heteroatoms. The van der Waals surface area contributed by atoms with Crippen LogP contribution in [-0.2, 0) is 19.2 Å². The topological polar surface area (TPSA) is 149 Å². The summed E-state index contributed by atoms with van der Waals surface area (Å²) in [5.74, 6) is -6.90. The molecule has 0 unspecified atom stereocenters. The van der Waals surface area contributed by atoms with Gasteiger partial charge in [0.25, 0.3) is 0 Å². The van der Waals surface area contributed by atoms with Crippen LogP contribution in [0.25, 0.3) is 0 Å². The van der Waals surface area contributed by atoms with Gasteiger partial charge < -0.3 is 20.4 Å². The first-order chi connectivity index (χ1) is 7.62. The predicted molar refractivity (Wildman–Crippen MR) is 51.4 cm³/mol. The Morgan fingerprint density at radius 3 is 1.53 bits per heavy atom. The van der Waals surface area contributed by atoms with E-state index in [4.69, 9.17) is 20.4 Å². The second kappa shape index (κ2) is 5.10. The van der Waals surface area contributed by atoms with E-state index in [9.17, 15) is 19.2 Å². The number of hydrogen-bond donors (Lipinski definition) is 4. The molecule has 0 radical (unpaired) electrons. The van der Waals surface area contributed by atoms with Crippen LogP contribution in [0, 0.1) is 5.41 Å². The van der Waals surface area contributed by atoms with Gasteiger partial charge in [-0.25, -0.2) is 9.59 Å². The zero-order valence-electron chi connectivity index (χ0n) is 8.71. The third-order valence-electron chi connectivity index (χ3n) is 2.12. The molecule has 4 N–H and O–H groups in total. The zero-order chi connectivity index (χ0) is 13.8. The normalized spacial score (nSPS) is 10.4. The van der Waals surface area contributed by atoms with Gasteiger partial charge in [0, 0.05) is 0 Å². The third kappa shape index (κ3) is 3.30. The van der Waals surface area contributed by atoms with Crippen LogP contribution in [0.2, 0.25) is 0 Å². The van der Waals surface area contributed by atoms with E-state index in [1.807, 2.05) is 0 Å². The molecule has 0 aliphatic rings. The highest BCUT2D eigenvalue weighted by Crippen LogP contribution is 2.23. The molecular weight excluding hydrogens is 236 g/mol. The summed E-state index contributed by atoms with van der Waals surface area (Å²) in [6, 6.07) is 0. The number of aliphatic carboxylic acids is 4. The maximum Gasteiger partial charge on any atom is 0.342 e. The Morgan fingerprint density at radius 1 is 0.941 bits per heavy atom. The molecular formula is C9H10O8. The number of hydrogen-bond acceptors (Lipinski definition) is 4. The summed E-state index contributed by atoms with van der Waals surface area (Å²) >= 11 is 0. The number of allylic oxidation sites excluding steroid dienone is 1. The van der Waals surface area contributed by atoms with Gasteiger partial charge in [0.15, 0.2) is 5.41 Å². The average Bonchev–Trinajstić information content (AvgIpc) is 2.15. The van der Waals surface area contributed by atoms with Gasteiger partial charge in [0.1, 0.15) is 5.57 Å². The van der Waals surface area contributed by atoms with Crippen molar-refractivity contribution in [1.29, 1.82) is 0 Å². The highest BCUT2D eigenvalue weighted by Gasteiger charge is 2.41. The second-order valence-electron chi connectivity index (χ2n) is 3.37. The first kappa shape index (κ1) is 14.6. The largest absolute Gasteiger partial charge is 0.480 e. The SMILES string of the molecule is CC(CC=C(C(=O)O)C(=O)O)(C(=O)O)C(=O)O. The van der Waals surface area contributed by atoms with Crippen molar-refractivity contribution in [1.82, 2.24) is 0 Å². The standard InChI is InChI=1S/C9H10O8/c1-9(7(14)15,8(16)17)3-2-4(5(10)11)6(12)13/h2H,3H2,1H3,(H,10,11)(H,12,13)(H,14,15)(H,16,17). The maximum atomic E-state index is 10.7. The highest BCUT2D eigenvalue weighted by atomic mass is 16.4. The lowest BCUT2D eigenvalue weighted by molar-refractivity contribution is -0.163. The van der Waals surface area contributed by atoms with Crippen LogP contribution >= 0.6 is 0 Å². The smallest absolute Gasteiger partial charge is 0.342 e. The lowest BCUT2D eigenvalue weighted by Crippen LogP contribution is -2.36. The Bertz CT molecular complexity index is 375. The lowest BCUT2D eigenvalue weighted by Gasteiger charge is -2.17. The maximum absolute atomic E-state index is 10.7. The molecule has 0 amide bonds. The first-order valence-electron chi connectivity index (χ1n) is 4.26. The van der Waals surface area contributed by atoms with Crippen molar-refractivity contribution in [3.8, 4) is 0 Å². The van der Waals surface area contributed by atoms with Crippen molar-refractivity contribution >= 4 is 23.9 Å². The van der Waals surface area contributed by atoms with Gasteiger partial charge in [-0.1, -0.05) is 6.08 Å². The fourth-order valence-electron chi connectivity index (χ4n) is 0.838. The molecule has 0 saturated carbocycles. The van der Waals surface area contributed by atoms with Gasteiger partial charge in [-0.15, -0.1) is 0 Å². The van der Waals surface area contributed by atoms with Crippen molar-refractivity contribution in [3.05, 3.63) is 11.6 Å². The van der Waals surface area contributed by atoms with Crippen LogP contribution in [0.4, 0.5) is 0 Å². The Balaban J connectivity index is 5.24. The van der Waals surface area contributed by atoms with E-state index < -0.39 is 41.3 Å². The van der Waals surface area contributed by atoms with Gasteiger partial charge in [0.2, 0.25) is 0 Å². The van der Waals surface area contributed by atoms with Crippen LogP contribution in [0.15, 0.2) is 11.6 Å². The molecule has 0 aromatic rings. The summed E-state index contributed by atoms with van der Waals surface area (Å²) in [6.07, 6.45) is -0.182. The van der Waals surface area contributed by atoms with Crippen molar-refractivity contribution in [2.45, 2.75) is 13.3 Å². The molecule has 0 aliphatic carbocycles. The van der Waals surface area contributed by atoms with E-state index in [0.29, 0.717) is 6.08 Å². The number of carboxylic acid groups (broad SMARTS) is 4. The lowest BCUT2D eigenvalue weighted by atomic mass is 9.86. The summed E-state index contributed by atoms with van der Waals surface area (Å²) in [5.41, 5.74) is -3.34. The van der Waals surface area contributed by atoms with Crippen LogP contribution in [0.1, 0.15) is 13.3 Å². The van der Waals surface area contributed by atoms with Gasteiger partial charge >= 0.3 is 23.9 Å². The monoisotopic (exact) mass is 246 g/mol. The quantitative estimate of drug-likeness (QED) is 0.282. The summed E-state index contributed by atoms with van der Waals surface area (Å²) in [6.45, 7) is 0.857. The minimum absolute atomic E-state index is 0.562. The molecule has 0 heterocycles. The first-order valence-corrected chi connectivity index (χ1v) is 4.26. The van der Waals surface area contributed by atoms with E-state index in [1.54, 1.807) is 0 Å². The van der Waals surface area contributed by atoms with E-state index in [0.717, 1.165) is 6.92 Å². The Morgan fingerprint density at radius 2 is 1.29 bits per heavy atom. The van der Waals surface area contributed by atoms with Crippen LogP contribution in [-0.4, -0.2) is 44.3 Å². The Labute approximate surface area is 94.8 Å². The minimum Gasteiger partial charge on any atom is -0.480 e. The molecule has 94 valence electrons. The molecule has 0 aliphatic heterocycles. The molecule has 17 heavy (non-hydrogen) atoms. The molecule has 0 spiro atoms. The minimum atomic E-state index is -2.27. The van der Waals surface area contributed by atoms with Gasteiger partial charge in [-0.2, -0.15) is 0 Å². The van der Waals surface area contributed by atoms with E-state index in [1.165, 1.54) is 0 Å². The van der Waals surface area contributed by atoms with Gasteiger partial charge in [-0.05, 0) is 13.3 Å². The van der Waals surface area contributed by atoms with E-state index in [-0.39, 0.29) is 0 Å².